The average Bonchev–Trinajstić information content (AvgIpc) is 3.32. The molecule has 30 heavy (non-hydrogen) atoms. The van der Waals surface area contributed by atoms with E-state index in [-0.39, 0.29) is 22.4 Å². The Hall–Kier alpha value is -2.27. The van der Waals surface area contributed by atoms with Crippen LogP contribution in [0.2, 0.25) is 0 Å². The molecular weight excluding hydrogens is 439 g/mol. The van der Waals surface area contributed by atoms with Crippen LogP contribution in [0.4, 0.5) is 18.3 Å². The van der Waals surface area contributed by atoms with Gasteiger partial charge in [0.25, 0.3) is 0 Å². The first-order chi connectivity index (χ1) is 14.1. The van der Waals surface area contributed by atoms with E-state index in [1.165, 1.54) is 23.5 Å². The molecule has 2 saturated heterocycles. The minimum Gasteiger partial charge on any atom is -0.406 e. The molecule has 2 atom stereocenters. The van der Waals surface area contributed by atoms with Crippen LogP contribution in [-0.4, -0.2) is 44.7 Å². The molecule has 160 valence electrons. The third-order valence-electron chi connectivity index (χ3n) is 5.07. The van der Waals surface area contributed by atoms with Gasteiger partial charge in [-0.15, -0.1) is 36.3 Å². The number of halogens is 3. The number of thioether (sulfide) groups is 1. The molecule has 2 aliphatic rings. The maximum atomic E-state index is 12.7. The Bertz CT molecular complexity index is 964. The van der Waals surface area contributed by atoms with Crippen LogP contribution in [0.3, 0.4) is 0 Å². The maximum absolute atomic E-state index is 12.7. The predicted octanol–water partition coefficient (Wildman–Crippen LogP) is 4.03. The number of benzene rings is 1. The Labute approximate surface area is 178 Å². The minimum absolute atomic E-state index is 0.000396. The third-order valence-corrected chi connectivity index (χ3v) is 7.48. The second kappa shape index (κ2) is 7.77. The number of hydrogen-bond acceptors (Lipinski definition) is 6. The fraction of sp³-hybridized carbons (Fsp3) is 0.421. The molecule has 2 aliphatic heterocycles. The summed E-state index contributed by atoms with van der Waals surface area (Å²) in [6, 6.07) is 5.11. The fourth-order valence-electron chi connectivity index (χ4n) is 3.66. The lowest BCUT2D eigenvalue weighted by Gasteiger charge is -2.29. The summed E-state index contributed by atoms with van der Waals surface area (Å²) in [5, 5.41) is 3.22. The molecule has 0 bridgehead atoms. The van der Waals surface area contributed by atoms with E-state index in [4.69, 9.17) is 0 Å². The SMILES string of the molecule is C[C@]12CCC(=O)N1[C@H](C(=O)Nc1ncc(Cc3ccc(OC(F)(F)F)cc3)s1)CS2. The van der Waals surface area contributed by atoms with Crippen LogP contribution in [0.25, 0.3) is 0 Å². The molecule has 0 saturated carbocycles. The molecule has 0 spiro atoms. The summed E-state index contributed by atoms with van der Waals surface area (Å²) in [5.74, 6) is 0.0245. The van der Waals surface area contributed by atoms with Gasteiger partial charge in [0, 0.05) is 29.7 Å². The first-order valence-corrected chi connectivity index (χ1v) is 11.0. The molecule has 0 unspecified atom stereocenters. The van der Waals surface area contributed by atoms with Crippen molar-refractivity contribution in [2.24, 2.45) is 0 Å². The van der Waals surface area contributed by atoms with Crippen molar-refractivity contribution >= 4 is 40.0 Å². The van der Waals surface area contributed by atoms with Crippen LogP contribution in [0.15, 0.2) is 30.5 Å². The van der Waals surface area contributed by atoms with Crippen LogP contribution >= 0.6 is 23.1 Å². The highest BCUT2D eigenvalue weighted by Crippen LogP contribution is 2.47. The van der Waals surface area contributed by atoms with Crippen LogP contribution in [0.1, 0.15) is 30.2 Å². The summed E-state index contributed by atoms with van der Waals surface area (Å²) in [5.41, 5.74) is 0.789. The zero-order valence-electron chi connectivity index (χ0n) is 15.9. The Morgan fingerprint density at radius 1 is 1.37 bits per heavy atom. The standard InChI is InChI=1S/C19H18F3N3O3S2/c1-18-7-6-15(26)25(18)14(10-29-18)16(27)24-17-23-9-13(30-17)8-11-2-4-12(5-3-11)28-19(20,21)22/h2-5,9,14H,6-8,10H2,1H3,(H,23,24,27)/t14-,18-/m0/s1. The fourth-order valence-corrected chi connectivity index (χ4v) is 5.94. The monoisotopic (exact) mass is 457 g/mol. The number of aromatic nitrogens is 1. The molecule has 6 nitrogen and oxygen atoms in total. The molecule has 2 aromatic rings. The van der Waals surface area contributed by atoms with Gasteiger partial charge in [-0.2, -0.15) is 0 Å². The number of amides is 2. The summed E-state index contributed by atoms with van der Waals surface area (Å²) >= 11 is 2.91. The first kappa shape index (κ1) is 21.0. The lowest BCUT2D eigenvalue weighted by Crippen LogP contribution is -2.48. The second-order valence-electron chi connectivity index (χ2n) is 7.26. The number of ether oxygens (including phenoxy) is 1. The van der Waals surface area contributed by atoms with Gasteiger partial charge in [0.15, 0.2) is 5.13 Å². The van der Waals surface area contributed by atoms with Gasteiger partial charge in [0.1, 0.15) is 11.8 Å². The molecule has 3 heterocycles. The third kappa shape index (κ3) is 4.41. The predicted molar refractivity (Wildman–Crippen MR) is 107 cm³/mol. The molecule has 1 N–H and O–H groups in total. The van der Waals surface area contributed by atoms with Crippen molar-refractivity contribution < 1.29 is 27.5 Å². The van der Waals surface area contributed by atoms with Gasteiger partial charge in [-0.25, -0.2) is 4.98 Å². The largest absolute Gasteiger partial charge is 0.573 e. The number of thiazole rings is 1. The highest BCUT2D eigenvalue weighted by atomic mass is 32.2. The lowest BCUT2D eigenvalue weighted by molar-refractivity contribution is -0.274. The van der Waals surface area contributed by atoms with E-state index in [0.29, 0.717) is 23.7 Å². The maximum Gasteiger partial charge on any atom is 0.573 e. The van der Waals surface area contributed by atoms with Crippen LogP contribution < -0.4 is 10.1 Å². The summed E-state index contributed by atoms with van der Waals surface area (Å²) in [7, 11) is 0. The van der Waals surface area contributed by atoms with Crippen molar-refractivity contribution in [3.8, 4) is 5.75 Å². The van der Waals surface area contributed by atoms with E-state index in [9.17, 15) is 22.8 Å². The van der Waals surface area contributed by atoms with Crippen LogP contribution in [-0.2, 0) is 16.0 Å². The first-order valence-electron chi connectivity index (χ1n) is 9.19. The molecule has 4 rings (SSSR count). The highest BCUT2D eigenvalue weighted by molar-refractivity contribution is 8.01. The van der Waals surface area contributed by atoms with Gasteiger partial charge < -0.3 is 15.0 Å². The molecule has 0 radical (unpaired) electrons. The molecule has 1 aromatic heterocycles. The van der Waals surface area contributed by atoms with Gasteiger partial charge in [0.2, 0.25) is 11.8 Å². The Kier molecular flexibility index (Phi) is 5.43. The Balaban J connectivity index is 1.36. The van der Waals surface area contributed by atoms with Crippen molar-refractivity contribution in [3.63, 3.8) is 0 Å². The number of nitrogens with zero attached hydrogens (tertiary/aromatic N) is 2. The average molecular weight is 457 g/mol. The molecule has 11 heteroatoms. The van der Waals surface area contributed by atoms with Crippen molar-refractivity contribution in [2.45, 2.75) is 43.5 Å². The molecule has 1 aromatic carbocycles. The van der Waals surface area contributed by atoms with E-state index < -0.39 is 12.4 Å². The number of carbonyl (C=O) groups excluding carboxylic acids is 2. The Morgan fingerprint density at radius 3 is 2.80 bits per heavy atom. The zero-order chi connectivity index (χ0) is 21.5. The number of hydrogen-bond donors (Lipinski definition) is 1. The van der Waals surface area contributed by atoms with Gasteiger partial charge >= 0.3 is 6.36 Å². The summed E-state index contributed by atoms with van der Waals surface area (Å²) in [6.07, 6.45) is -1.44. The number of nitrogens with one attached hydrogen (secondary N) is 1. The zero-order valence-corrected chi connectivity index (χ0v) is 17.5. The molecule has 0 aliphatic carbocycles. The second-order valence-corrected chi connectivity index (χ2v) is 9.87. The summed E-state index contributed by atoms with van der Waals surface area (Å²) < 4.78 is 40.6. The highest BCUT2D eigenvalue weighted by Gasteiger charge is 2.52. The topological polar surface area (TPSA) is 71.5 Å². The normalized spacial score (nSPS) is 23.5. The summed E-state index contributed by atoms with van der Waals surface area (Å²) in [4.78, 5) is 31.3. The number of anilines is 1. The Morgan fingerprint density at radius 2 is 2.10 bits per heavy atom. The molecule has 2 amide bonds. The van der Waals surface area contributed by atoms with Gasteiger partial charge in [-0.05, 0) is 31.0 Å². The van der Waals surface area contributed by atoms with Crippen molar-refractivity contribution in [1.82, 2.24) is 9.88 Å². The van der Waals surface area contributed by atoms with Gasteiger partial charge in [-0.1, -0.05) is 12.1 Å². The van der Waals surface area contributed by atoms with Crippen LogP contribution in [0, 0.1) is 0 Å². The van der Waals surface area contributed by atoms with E-state index in [1.807, 2.05) is 6.92 Å². The van der Waals surface area contributed by atoms with Crippen LogP contribution in [0.5, 0.6) is 5.75 Å². The lowest BCUT2D eigenvalue weighted by atomic mass is 10.1. The van der Waals surface area contributed by atoms with Crippen molar-refractivity contribution in [1.29, 1.82) is 0 Å². The van der Waals surface area contributed by atoms with Crippen molar-refractivity contribution in [3.05, 3.63) is 40.9 Å². The molecule has 2 fully saturated rings. The molecular formula is C19H18F3N3O3S2. The van der Waals surface area contributed by atoms with Gasteiger partial charge in [0.05, 0.1) is 4.87 Å². The van der Waals surface area contributed by atoms with E-state index >= 15 is 0 Å². The van der Waals surface area contributed by atoms with E-state index in [0.717, 1.165) is 16.9 Å². The number of carbonyl (C=O) groups is 2. The summed E-state index contributed by atoms with van der Waals surface area (Å²) in [6.45, 7) is 1.99. The minimum atomic E-state index is -4.72. The number of fused-ring (bicyclic) bond motifs is 1. The van der Waals surface area contributed by atoms with Crippen molar-refractivity contribution in [2.75, 3.05) is 11.1 Å². The number of alkyl halides is 3. The van der Waals surface area contributed by atoms with Gasteiger partial charge in [-0.3, -0.25) is 9.59 Å². The number of rotatable bonds is 5. The van der Waals surface area contributed by atoms with E-state index in [2.05, 4.69) is 15.0 Å². The van der Waals surface area contributed by atoms with E-state index in [1.54, 1.807) is 35.0 Å². The quantitative estimate of drug-likeness (QED) is 0.734. The smallest absolute Gasteiger partial charge is 0.406 e.